The summed E-state index contributed by atoms with van der Waals surface area (Å²) in [7, 11) is 1.73. The average molecular weight is 361 g/mol. The molecule has 0 bridgehead atoms. The van der Waals surface area contributed by atoms with E-state index in [2.05, 4.69) is 0 Å². The zero-order chi connectivity index (χ0) is 18.3. The van der Waals surface area contributed by atoms with Gasteiger partial charge >= 0.3 is 6.03 Å². The molecule has 144 valence electrons. The van der Waals surface area contributed by atoms with Crippen molar-refractivity contribution >= 4 is 17.8 Å². The van der Waals surface area contributed by atoms with Crippen molar-refractivity contribution in [3.05, 3.63) is 0 Å². The zero-order valence-corrected chi connectivity index (χ0v) is 15.9. The van der Waals surface area contributed by atoms with Crippen molar-refractivity contribution in [2.45, 2.75) is 69.7 Å². The highest BCUT2D eigenvalue weighted by Crippen LogP contribution is 2.40. The predicted octanol–water partition coefficient (Wildman–Crippen LogP) is 2.62. The maximum absolute atomic E-state index is 13.0. The van der Waals surface area contributed by atoms with Gasteiger partial charge in [-0.2, -0.15) is 0 Å². The van der Waals surface area contributed by atoms with Crippen LogP contribution in [0.2, 0.25) is 0 Å². The molecule has 0 aromatic carbocycles. The van der Waals surface area contributed by atoms with Crippen molar-refractivity contribution in [1.82, 2.24) is 14.7 Å². The lowest BCUT2D eigenvalue weighted by molar-refractivity contribution is -0.142. The van der Waals surface area contributed by atoms with E-state index in [4.69, 9.17) is 0 Å². The Labute approximate surface area is 155 Å². The largest absolute Gasteiger partial charge is 0.341 e. The van der Waals surface area contributed by atoms with Gasteiger partial charge in [0.2, 0.25) is 5.91 Å². The molecule has 2 aliphatic carbocycles. The van der Waals surface area contributed by atoms with Gasteiger partial charge in [0.1, 0.15) is 12.1 Å². The summed E-state index contributed by atoms with van der Waals surface area (Å²) in [5.74, 6) is 1.17. The summed E-state index contributed by atoms with van der Waals surface area (Å²) < 4.78 is 0. The number of carbonyl (C=O) groups is 3. The van der Waals surface area contributed by atoms with Crippen LogP contribution in [-0.2, 0) is 9.59 Å². The van der Waals surface area contributed by atoms with E-state index < -0.39 is 5.54 Å². The summed E-state index contributed by atoms with van der Waals surface area (Å²) in [6.45, 7) is 1.50. The van der Waals surface area contributed by atoms with Crippen molar-refractivity contribution in [1.29, 1.82) is 0 Å². The number of hydrogen-bond donors (Lipinski definition) is 0. The lowest BCUT2D eigenvalue weighted by Crippen LogP contribution is -2.51. The van der Waals surface area contributed by atoms with Crippen LogP contribution < -0.4 is 0 Å². The number of piperidine rings is 1. The molecule has 2 unspecified atom stereocenters. The van der Waals surface area contributed by atoms with Crippen LogP contribution in [0.4, 0.5) is 4.79 Å². The third kappa shape index (κ3) is 2.81. The van der Waals surface area contributed by atoms with E-state index in [1.54, 1.807) is 11.9 Å². The van der Waals surface area contributed by atoms with Gasteiger partial charge in [0.25, 0.3) is 5.91 Å². The topological polar surface area (TPSA) is 60.9 Å². The van der Waals surface area contributed by atoms with Gasteiger partial charge in [0.05, 0.1) is 0 Å². The Morgan fingerprint density at radius 2 is 1.69 bits per heavy atom. The first-order chi connectivity index (χ1) is 12.5. The van der Waals surface area contributed by atoms with Crippen LogP contribution >= 0.6 is 0 Å². The highest BCUT2D eigenvalue weighted by Gasteiger charge is 2.56. The Morgan fingerprint density at radius 3 is 2.42 bits per heavy atom. The number of imide groups is 1. The van der Waals surface area contributed by atoms with Gasteiger partial charge < -0.3 is 9.80 Å². The molecule has 4 rings (SSSR count). The summed E-state index contributed by atoms with van der Waals surface area (Å²) in [5.41, 5.74) is -0.689. The molecule has 6 nitrogen and oxygen atoms in total. The van der Waals surface area contributed by atoms with Gasteiger partial charge in [0.15, 0.2) is 0 Å². The second kappa shape index (κ2) is 6.86. The third-order valence-corrected chi connectivity index (χ3v) is 7.42. The number of amides is 4. The minimum atomic E-state index is -0.689. The van der Waals surface area contributed by atoms with Gasteiger partial charge in [-0.25, -0.2) is 4.79 Å². The summed E-state index contributed by atoms with van der Waals surface area (Å²) >= 11 is 0. The molecule has 0 radical (unpaired) electrons. The van der Waals surface area contributed by atoms with Gasteiger partial charge in [-0.05, 0) is 37.5 Å². The van der Waals surface area contributed by atoms with Crippen molar-refractivity contribution < 1.29 is 14.4 Å². The van der Waals surface area contributed by atoms with Crippen LogP contribution in [0.5, 0.6) is 0 Å². The Bertz CT molecular complexity index is 599. The molecule has 2 atom stereocenters. The highest BCUT2D eigenvalue weighted by atomic mass is 16.2. The number of nitrogens with zero attached hydrogens (tertiary/aromatic N) is 3. The lowest BCUT2D eigenvalue weighted by atomic mass is 9.75. The fraction of sp³-hybridized carbons (Fsp3) is 0.850. The molecule has 6 heteroatoms. The molecule has 0 N–H and O–H groups in total. The number of urea groups is 1. The van der Waals surface area contributed by atoms with E-state index in [0.717, 1.165) is 57.5 Å². The molecule has 26 heavy (non-hydrogen) atoms. The van der Waals surface area contributed by atoms with Crippen molar-refractivity contribution in [3.63, 3.8) is 0 Å². The summed E-state index contributed by atoms with van der Waals surface area (Å²) in [6, 6.07) is -0.294. The summed E-state index contributed by atoms with van der Waals surface area (Å²) in [5, 5.41) is 0. The second-order valence-electron chi connectivity index (χ2n) is 8.76. The van der Waals surface area contributed by atoms with Crippen LogP contribution in [0, 0.1) is 11.8 Å². The maximum atomic E-state index is 13.0. The SMILES string of the molecule is CN1C(=O)N(CC(=O)N2CCC3CCCCC3C2)C(=O)C12CCCCC2. The molecule has 4 amide bonds. The van der Waals surface area contributed by atoms with Crippen molar-refractivity contribution in [2.75, 3.05) is 26.7 Å². The van der Waals surface area contributed by atoms with E-state index >= 15 is 0 Å². The smallest absolute Gasteiger partial charge is 0.327 e. The summed E-state index contributed by atoms with van der Waals surface area (Å²) in [6.07, 6.45) is 10.7. The third-order valence-electron chi connectivity index (χ3n) is 7.42. The van der Waals surface area contributed by atoms with Crippen LogP contribution in [0.3, 0.4) is 0 Å². The number of fused-ring (bicyclic) bond motifs is 1. The molecule has 2 saturated heterocycles. The molecule has 4 fully saturated rings. The first-order valence-corrected chi connectivity index (χ1v) is 10.4. The quantitative estimate of drug-likeness (QED) is 0.711. The Hall–Kier alpha value is -1.59. The second-order valence-corrected chi connectivity index (χ2v) is 8.76. The van der Waals surface area contributed by atoms with E-state index in [0.29, 0.717) is 5.92 Å². The molecule has 0 aromatic rings. The van der Waals surface area contributed by atoms with Gasteiger partial charge in [-0.1, -0.05) is 38.5 Å². The number of likely N-dealkylation sites (N-methyl/N-ethyl adjacent to an activating group) is 1. The number of likely N-dealkylation sites (tertiary alicyclic amines) is 1. The molecular weight excluding hydrogens is 330 g/mol. The zero-order valence-electron chi connectivity index (χ0n) is 15.9. The van der Waals surface area contributed by atoms with E-state index in [-0.39, 0.29) is 24.4 Å². The van der Waals surface area contributed by atoms with Crippen LogP contribution in [0.25, 0.3) is 0 Å². The minimum absolute atomic E-state index is 0.0583. The maximum Gasteiger partial charge on any atom is 0.327 e. The molecular formula is C20H31N3O3. The van der Waals surface area contributed by atoms with Gasteiger partial charge in [0, 0.05) is 20.1 Å². The standard InChI is InChI=1S/C20H31N3O3/c1-21-19(26)23(18(25)20(21)10-5-2-6-11-20)14-17(24)22-12-9-15-7-3-4-8-16(15)13-22/h15-16H,2-14H2,1H3. The molecule has 4 aliphatic rings. The van der Waals surface area contributed by atoms with Gasteiger partial charge in [-0.3, -0.25) is 14.5 Å². The number of rotatable bonds is 2. The normalized spacial score (nSPS) is 31.5. The lowest BCUT2D eigenvalue weighted by Gasteiger charge is -2.41. The van der Waals surface area contributed by atoms with Crippen molar-refractivity contribution in [3.8, 4) is 0 Å². The Balaban J connectivity index is 1.42. The monoisotopic (exact) mass is 361 g/mol. The molecule has 0 aromatic heterocycles. The minimum Gasteiger partial charge on any atom is -0.341 e. The summed E-state index contributed by atoms with van der Waals surface area (Å²) in [4.78, 5) is 43.3. The van der Waals surface area contributed by atoms with Gasteiger partial charge in [-0.15, -0.1) is 0 Å². The van der Waals surface area contributed by atoms with E-state index in [1.807, 2.05) is 4.90 Å². The van der Waals surface area contributed by atoms with Crippen LogP contribution in [0.1, 0.15) is 64.2 Å². The first kappa shape index (κ1) is 17.8. The van der Waals surface area contributed by atoms with E-state index in [9.17, 15) is 14.4 Å². The molecule has 2 saturated carbocycles. The fourth-order valence-corrected chi connectivity index (χ4v) is 5.73. The average Bonchev–Trinajstić information content (AvgIpc) is 2.84. The fourth-order valence-electron chi connectivity index (χ4n) is 5.73. The number of carbonyl (C=O) groups excluding carboxylic acids is 3. The van der Waals surface area contributed by atoms with Crippen molar-refractivity contribution in [2.24, 2.45) is 11.8 Å². The van der Waals surface area contributed by atoms with Crippen LogP contribution in [-0.4, -0.2) is 64.8 Å². The Morgan fingerprint density at radius 1 is 1.00 bits per heavy atom. The van der Waals surface area contributed by atoms with E-state index in [1.165, 1.54) is 30.6 Å². The molecule has 2 aliphatic heterocycles. The molecule has 1 spiro atoms. The molecule has 2 heterocycles. The number of hydrogen-bond acceptors (Lipinski definition) is 3. The highest BCUT2D eigenvalue weighted by molar-refractivity contribution is 6.08. The Kier molecular flexibility index (Phi) is 4.70. The predicted molar refractivity (Wildman–Crippen MR) is 97.3 cm³/mol. The van der Waals surface area contributed by atoms with Crippen LogP contribution in [0.15, 0.2) is 0 Å². The first-order valence-electron chi connectivity index (χ1n) is 10.4.